The highest BCUT2D eigenvalue weighted by Crippen LogP contribution is 2.26. The van der Waals surface area contributed by atoms with Crippen molar-refractivity contribution in [1.29, 1.82) is 0 Å². The van der Waals surface area contributed by atoms with Gasteiger partial charge in [0.15, 0.2) is 5.83 Å². The summed E-state index contributed by atoms with van der Waals surface area (Å²) in [7, 11) is 0. The van der Waals surface area contributed by atoms with Gasteiger partial charge in [-0.15, -0.1) is 0 Å². The minimum absolute atomic E-state index is 0.0391. The Morgan fingerprint density at radius 2 is 2.18 bits per heavy atom. The van der Waals surface area contributed by atoms with Crippen molar-refractivity contribution in [3.05, 3.63) is 23.3 Å². The molecular formula is C7H6F2O2. The zero-order chi connectivity index (χ0) is 8.43. The van der Waals surface area contributed by atoms with Crippen LogP contribution in [0.15, 0.2) is 23.3 Å². The van der Waals surface area contributed by atoms with Crippen LogP contribution in [-0.2, 0) is 4.79 Å². The van der Waals surface area contributed by atoms with Crippen LogP contribution in [0.25, 0.3) is 0 Å². The van der Waals surface area contributed by atoms with E-state index < -0.39 is 23.2 Å². The predicted molar refractivity (Wildman–Crippen MR) is 34.2 cm³/mol. The molecule has 4 heteroatoms. The molecule has 0 heterocycles. The van der Waals surface area contributed by atoms with Crippen molar-refractivity contribution in [3.8, 4) is 0 Å². The molecule has 2 nitrogen and oxygen atoms in total. The third-order valence-corrected chi connectivity index (χ3v) is 1.42. The zero-order valence-corrected chi connectivity index (χ0v) is 5.60. The van der Waals surface area contributed by atoms with E-state index in [0.29, 0.717) is 0 Å². The van der Waals surface area contributed by atoms with Crippen molar-refractivity contribution in [2.45, 2.75) is 12.8 Å². The number of halogens is 2. The predicted octanol–water partition coefficient (Wildman–Crippen LogP) is 1.94. The quantitative estimate of drug-likeness (QED) is 0.636. The number of hydrogen-bond acceptors (Lipinski definition) is 1. The molecular weight excluding hydrogens is 154 g/mol. The van der Waals surface area contributed by atoms with Crippen molar-refractivity contribution >= 4 is 5.97 Å². The molecule has 60 valence electrons. The van der Waals surface area contributed by atoms with Crippen molar-refractivity contribution < 1.29 is 18.7 Å². The molecule has 0 saturated carbocycles. The van der Waals surface area contributed by atoms with E-state index in [1.165, 1.54) is 6.08 Å². The molecule has 0 fully saturated rings. The minimum Gasteiger partial charge on any atom is -0.478 e. The highest BCUT2D eigenvalue weighted by Gasteiger charge is 2.20. The maximum atomic E-state index is 12.5. The normalized spacial score (nSPS) is 18.2. The summed E-state index contributed by atoms with van der Waals surface area (Å²) < 4.78 is 24.9. The second kappa shape index (κ2) is 2.82. The first-order valence-corrected chi connectivity index (χ1v) is 3.11. The molecule has 1 aliphatic rings. The first kappa shape index (κ1) is 7.91. The van der Waals surface area contributed by atoms with Gasteiger partial charge in [0.25, 0.3) is 0 Å². The number of aliphatic carboxylic acids is 1. The lowest BCUT2D eigenvalue weighted by atomic mass is 10.1. The van der Waals surface area contributed by atoms with Gasteiger partial charge in [-0.3, -0.25) is 0 Å². The van der Waals surface area contributed by atoms with Crippen molar-refractivity contribution in [2.75, 3.05) is 0 Å². The van der Waals surface area contributed by atoms with Crippen molar-refractivity contribution in [3.63, 3.8) is 0 Å². The lowest BCUT2D eigenvalue weighted by molar-refractivity contribution is -0.132. The van der Waals surface area contributed by atoms with Gasteiger partial charge in [0, 0.05) is 6.42 Å². The van der Waals surface area contributed by atoms with Gasteiger partial charge in [-0.1, -0.05) is 6.08 Å². The molecule has 0 radical (unpaired) electrons. The maximum absolute atomic E-state index is 12.5. The molecule has 0 amide bonds. The Balaban J connectivity index is 2.98. The fraction of sp³-hybridized carbons (Fsp3) is 0.286. The second-order valence-electron chi connectivity index (χ2n) is 2.18. The molecule has 0 aromatic rings. The number of hydrogen-bond donors (Lipinski definition) is 1. The smallest absolute Gasteiger partial charge is 0.338 e. The summed E-state index contributed by atoms with van der Waals surface area (Å²) in [6, 6.07) is 0. The number of carboxylic acids is 1. The van der Waals surface area contributed by atoms with Crippen LogP contribution in [0.4, 0.5) is 8.78 Å². The topological polar surface area (TPSA) is 37.3 Å². The summed E-state index contributed by atoms with van der Waals surface area (Å²) in [5, 5.41) is 8.32. The van der Waals surface area contributed by atoms with Crippen molar-refractivity contribution in [1.82, 2.24) is 0 Å². The Bertz CT molecular complexity index is 253. The van der Waals surface area contributed by atoms with Crippen LogP contribution in [-0.4, -0.2) is 11.1 Å². The van der Waals surface area contributed by atoms with Crippen LogP contribution in [0, 0.1) is 0 Å². The van der Waals surface area contributed by atoms with Gasteiger partial charge in [-0.25, -0.2) is 13.6 Å². The van der Waals surface area contributed by atoms with Crippen LogP contribution in [0.2, 0.25) is 0 Å². The van der Waals surface area contributed by atoms with Gasteiger partial charge in [0.2, 0.25) is 0 Å². The fourth-order valence-corrected chi connectivity index (χ4v) is 0.870. The number of rotatable bonds is 1. The first-order chi connectivity index (χ1) is 5.13. The summed E-state index contributed by atoms with van der Waals surface area (Å²) >= 11 is 0. The van der Waals surface area contributed by atoms with Crippen LogP contribution in [0.1, 0.15) is 12.8 Å². The molecule has 0 aliphatic heterocycles. The van der Waals surface area contributed by atoms with E-state index in [9.17, 15) is 13.6 Å². The Hall–Kier alpha value is -1.19. The molecule has 11 heavy (non-hydrogen) atoms. The summed E-state index contributed by atoms with van der Waals surface area (Å²) in [5.74, 6) is -3.62. The molecule has 1 aliphatic carbocycles. The highest BCUT2D eigenvalue weighted by atomic mass is 19.2. The van der Waals surface area contributed by atoms with Gasteiger partial charge >= 0.3 is 5.97 Å². The lowest BCUT2D eigenvalue weighted by Gasteiger charge is -2.06. The standard InChI is InChI=1S/C7H6F2O2/c8-5-3-1-2-4(6(5)9)7(10)11/h2H,1,3H2,(H,10,11). The molecule has 0 saturated heterocycles. The van der Waals surface area contributed by atoms with E-state index >= 15 is 0 Å². The van der Waals surface area contributed by atoms with Crippen molar-refractivity contribution in [2.24, 2.45) is 0 Å². The third kappa shape index (κ3) is 1.45. The second-order valence-corrected chi connectivity index (χ2v) is 2.18. The average Bonchev–Trinajstić information content (AvgIpc) is 1.94. The molecule has 0 aromatic carbocycles. The number of carboxylic acid groups (broad SMARTS) is 1. The van der Waals surface area contributed by atoms with Gasteiger partial charge in [0.1, 0.15) is 5.83 Å². The van der Waals surface area contributed by atoms with Gasteiger partial charge in [0.05, 0.1) is 5.57 Å². The van der Waals surface area contributed by atoms with E-state index in [1.54, 1.807) is 0 Å². The van der Waals surface area contributed by atoms with Gasteiger partial charge < -0.3 is 5.11 Å². The molecule has 1 N–H and O–H groups in total. The third-order valence-electron chi connectivity index (χ3n) is 1.42. The molecule has 0 spiro atoms. The molecule has 0 bridgehead atoms. The van der Waals surface area contributed by atoms with Crippen LogP contribution < -0.4 is 0 Å². The molecule has 1 rings (SSSR count). The van der Waals surface area contributed by atoms with Gasteiger partial charge in [-0.2, -0.15) is 0 Å². The van der Waals surface area contributed by atoms with E-state index in [0.717, 1.165) is 0 Å². The lowest BCUT2D eigenvalue weighted by Crippen LogP contribution is -2.05. The molecule has 0 aromatic heterocycles. The molecule has 0 unspecified atom stereocenters. The first-order valence-electron chi connectivity index (χ1n) is 3.11. The fourth-order valence-electron chi connectivity index (χ4n) is 0.870. The summed E-state index contributed by atoms with van der Waals surface area (Å²) in [4.78, 5) is 10.2. The SMILES string of the molecule is O=C(O)C1=CCCC(F)=C1F. The van der Waals surface area contributed by atoms with E-state index in [2.05, 4.69) is 0 Å². The Morgan fingerprint density at radius 3 is 2.64 bits per heavy atom. The minimum atomic E-state index is -1.42. The number of carbonyl (C=O) groups is 1. The highest BCUT2D eigenvalue weighted by molar-refractivity contribution is 5.91. The van der Waals surface area contributed by atoms with E-state index in [4.69, 9.17) is 5.11 Å². The van der Waals surface area contributed by atoms with E-state index in [-0.39, 0.29) is 12.8 Å². The van der Waals surface area contributed by atoms with E-state index in [1.807, 2.05) is 0 Å². The Morgan fingerprint density at radius 1 is 1.55 bits per heavy atom. The van der Waals surface area contributed by atoms with Gasteiger partial charge in [-0.05, 0) is 6.42 Å². The summed E-state index contributed by atoms with van der Waals surface area (Å²) in [5.41, 5.74) is -0.561. The number of allylic oxidation sites excluding steroid dienone is 2. The Labute approximate surface area is 61.8 Å². The molecule has 0 atom stereocenters. The monoisotopic (exact) mass is 160 g/mol. The summed E-state index contributed by atoms with van der Waals surface area (Å²) in [6.07, 6.45) is 1.39. The maximum Gasteiger partial charge on any atom is 0.338 e. The largest absolute Gasteiger partial charge is 0.478 e. The zero-order valence-electron chi connectivity index (χ0n) is 5.60. The Kier molecular flexibility index (Phi) is 2.03. The van der Waals surface area contributed by atoms with Crippen LogP contribution in [0.5, 0.6) is 0 Å². The van der Waals surface area contributed by atoms with Crippen LogP contribution >= 0.6 is 0 Å². The summed E-state index contributed by atoms with van der Waals surface area (Å²) in [6.45, 7) is 0. The van der Waals surface area contributed by atoms with Crippen LogP contribution in [0.3, 0.4) is 0 Å². The average molecular weight is 160 g/mol.